The molecule has 0 saturated heterocycles. The molecule has 0 bridgehead atoms. The fourth-order valence-corrected chi connectivity index (χ4v) is 1.49. The molecule has 0 fully saturated rings. The number of pyridine rings is 2. The number of aromatic nitrogens is 2. The number of hydrogen-bond acceptors (Lipinski definition) is 4. The van der Waals surface area contributed by atoms with Gasteiger partial charge in [-0.05, 0) is 30.7 Å². The van der Waals surface area contributed by atoms with Crippen molar-refractivity contribution in [2.24, 2.45) is 0 Å². The van der Waals surface area contributed by atoms with E-state index in [1.165, 1.54) is 0 Å². The van der Waals surface area contributed by atoms with Crippen molar-refractivity contribution >= 4 is 5.82 Å². The van der Waals surface area contributed by atoms with Crippen LogP contribution >= 0.6 is 0 Å². The lowest BCUT2D eigenvalue weighted by atomic mass is 10.1. The molecule has 0 aliphatic heterocycles. The van der Waals surface area contributed by atoms with Crippen LogP contribution in [-0.4, -0.2) is 17.1 Å². The van der Waals surface area contributed by atoms with Gasteiger partial charge in [-0.15, -0.1) is 0 Å². The molecule has 0 aromatic carbocycles. The van der Waals surface area contributed by atoms with Crippen LogP contribution in [0.25, 0.3) is 11.3 Å². The molecule has 2 N–H and O–H groups in total. The number of hydrogen-bond donors (Lipinski definition) is 1. The number of ether oxygens (including phenoxy) is 1. The van der Waals surface area contributed by atoms with Crippen molar-refractivity contribution in [3.63, 3.8) is 0 Å². The van der Waals surface area contributed by atoms with Gasteiger partial charge in [0.2, 0.25) is 0 Å². The lowest BCUT2D eigenvalue weighted by molar-refractivity contribution is 0.415. The first-order valence-corrected chi connectivity index (χ1v) is 4.94. The minimum absolute atomic E-state index is 0.540. The predicted molar refractivity (Wildman–Crippen MR) is 63.2 cm³/mol. The molecule has 0 amide bonds. The first kappa shape index (κ1) is 10.4. The van der Waals surface area contributed by atoms with E-state index in [4.69, 9.17) is 10.5 Å². The fraction of sp³-hybridized carbons (Fsp3) is 0.167. The minimum atomic E-state index is 0.540. The van der Waals surface area contributed by atoms with Crippen molar-refractivity contribution in [1.82, 2.24) is 9.97 Å². The van der Waals surface area contributed by atoms with Crippen LogP contribution in [-0.2, 0) is 0 Å². The first-order chi connectivity index (χ1) is 7.72. The Morgan fingerprint density at radius 1 is 1.31 bits per heavy atom. The van der Waals surface area contributed by atoms with Gasteiger partial charge >= 0.3 is 0 Å². The van der Waals surface area contributed by atoms with Crippen molar-refractivity contribution in [3.8, 4) is 17.0 Å². The molecule has 2 heterocycles. The van der Waals surface area contributed by atoms with Crippen LogP contribution < -0.4 is 10.5 Å². The van der Waals surface area contributed by atoms with E-state index in [0.717, 1.165) is 22.6 Å². The van der Waals surface area contributed by atoms with Crippen molar-refractivity contribution in [1.29, 1.82) is 0 Å². The third-order valence-electron chi connectivity index (χ3n) is 2.38. The second-order valence-electron chi connectivity index (χ2n) is 3.48. The Balaban J connectivity index is 2.54. The number of nitrogens with two attached hydrogens (primary N) is 1. The molecule has 4 nitrogen and oxygen atoms in total. The summed E-state index contributed by atoms with van der Waals surface area (Å²) in [6.07, 6.45) is 3.43. The molecule has 4 heteroatoms. The summed E-state index contributed by atoms with van der Waals surface area (Å²) in [6, 6.07) is 5.65. The summed E-state index contributed by atoms with van der Waals surface area (Å²) in [5, 5.41) is 0. The molecule has 0 saturated carbocycles. The van der Waals surface area contributed by atoms with Gasteiger partial charge in [-0.3, -0.25) is 4.98 Å². The molecule has 16 heavy (non-hydrogen) atoms. The van der Waals surface area contributed by atoms with Crippen LogP contribution in [0.5, 0.6) is 5.75 Å². The largest absolute Gasteiger partial charge is 0.494 e. The number of nitrogen functional groups attached to an aromatic ring is 1. The van der Waals surface area contributed by atoms with Crippen LogP contribution in [0.2, 0.25) is 0 Å². The molecule has 0 radical (unpaired) electrons. The van der Waals surface area contributed by atoms with Crippen LogP contribution in [0.1, 0.15) is 5.56 Å². The lowest BCUT2D eigenvalue weighted by Crippen LogP contribution is -1.96. The van der Waals surface area contributed by atoms with Crippen LogP contribution in [0, 0.1) is 6.92 Å². The monoisotopic (exact) mass is 215 g/mol. The van der Waals surface area contributed by atoms with E-state index >= 15 is 0 Å². The van der Waals surface area contributed by atoms with Crippen LogP contribution in [0.15, 0.2) is 30.6 Å². The maximum atomic E-state index is 5.67. The molecule has 0 aliphatic rings. The molecule has 0 aliphatic carbocycles. The average Bonchev–Trinajstić information content (AvgIpc) is 2.32. The Bertz CT molecular complexity index is 511. The van der Waals surface area contributed by atoms with Crippen LogP contribution in [0.4, 0.5) is 5.82 Å². The predicted octanol–water partition coefficient (Wildman–Crippen LogP) is 2.04. The molecule has 82 valence electrons. The first-order valence-electron chi connectivity index (χ1n) is 4.94. The van der Waals surface area contributed by atoms with Gasteiger partial charge < -0.3 is 10.5 Å². The van der Waals surface area contributed by atoms with E-state index in [1.807, 2.05) is 25.1 Å². The Morgan fingerprint density at radius 3 is 2.81 bits per heavy atom. The van der Waals surface area contributed by atoms with E-state index in [2.05, 4.69) is 9.97 Å². The Kier molecular flexibility index (Phi) is 2.72. The highest BCUT2D eigenvalue weighted by molar-refractivity contribution is 5.67. The van der Waals surface area contributed by atoms with Crippen molar-refractivity contribution in [2.45, 2.75) is 6.92 Å². The SMILES string of the molecule is COc1cccnc1-c1cnc(N)c(C)c1. The second kappa shape index (κ2) is 4.18. The van der Waals surface area contributed by atoms with E-state index in [0.29, 0.717) is 5.82 Å². The molecule has 2 aromatic heterocycles. The normalized spacial score (nSPS) is 10.1. The number of aryl methyl sites for hydroxylation is 1. The zero-order valence-corrected chi connectivity index (χ0v) is 9.27. The van der Waals surface area contributed by atoms with E-state index in [-0.39, 0.29) is 0 Å². The van der Waals surface area contributed by atoms with Gasteiger partial charge in [-0.1, -0.05) is 0 Å². The van der Waals surface area contributed by atoms with E-state index < -0.39 is 0 Å². The highest BCUT2D eigenvalue weighted by Gasteiger charge is 2.07. The Hall–Kier alpha value is -2.10. The Labute approximate surface area is 94.1 Å². The molecule has 2 aromatic rings. The van der Waals surface area contributed by atoms with E-state index in [1.54, 1.807) is 19.5 Å². The van der Waals surface area contributed by atoms with Crippen molar-refractivity contribution < 1.29 is 4.74 Å². The molecular formula is C12H13N3O. The summed E-state index contributed by atoms with van der Waals surface area (Å²) in [7, 11) is 1.62. The number of nitrogens with zero attached hydrogens (tertiary/aromatic N) is 2. The third kappa shape index (κ3) is 1.82. The summed E-state index contributed by atoms with van der Waals surface area (Å²) in [5.41, 5.74) is 8.29. The quantitative estimate of drug-likeness (QED) is 0.832. The molecular weight excluding hydrogens is 202 g/mol. The molecule has 0 unspecified atom stereocenters. The molecule has 2 rings (SSSR count). The van der Waals surface area contributed by atoms with Gasteiger partial charge in [0.1, 0.15) is 17.3 Å². The Morgan fingerprint density at radius 2 is 2.12 bits per heavy atom. The lowest BCUT2D eigenvalue weighted by Gasteiger charge is -2.08. The highest BCUT2D eigenvalue weighted by Crippen LogP contribution is 2.27. The summed E-state index contributed by atoms with van der Waals surface area (Å²) in [4.78, 5) is 8.40. The number of anilines is 1. The topological polar surface area (TPSA) is 61.0 Å². The van der Waals surface area contributed by atoms with Gasteiger partial charge in [-0.2, -0.15) is 0 Å². The molecule has 0 atom stereocenters. The maximum Gasteiger partial charge on any atom is 0.145 e. The highest BCUT2D eigenvalue weighted by atomic mass is 16.5. The van der Waals surface area contributed by atoms with Crippen molar-refractivity contribution in [2.75, 3.05) is 12.8 Å². The van der Waals surface area contributed by atoms with Crippen LogP contribution in [0.3, 0.4) is 0 Å². The van der Waals surface area contributed by atoms with Gasteiger partial charge in [-0.25, -0.2) is 4.98 Å². The van der Waals surface area contributed by atoms with E-state index in [9.17, 15) is 0 Å². The van der Waals surface area contributed by atoms with Gasteiger partial charge in [0.05, 0.1) is 7.11 Å². The van der Waals surface area contributed by atoms with Gasteiger partial charge in [0.15, 0.2) is 0 Å². The van der Waals surface area contributed by atoms with Crippen molar-refractivity contribution in [3.05, 3.63) is 36.2 Å². The summed E-state index contributed by atoms with van der Waals surface area (Å²) in [6.45, 7) is 1.92. The second-order valence-corrected chi connectivity index (χ2v) is 3.48. The smallest absolute Gasteiger partial charge is 0.145 e. The number of rotatable bonds is 2. The standard InChI is InChI=1S/C12H13N3O/c1-8-6-9(7-15-12(8)13)11-10(16-2)4-3-5-14-11/h3-7H,1-2H3,(H2,13,15). The zero-order chi connectivity index (χ0) is 11.5. The minimum Gasteiger partial charge on any atom is -0.494 e. The third-order valence-corrected chi connectivity index (χ3v) is 2.38. The molecule has 0 spiro atoms. The number of methoxy groups -OCH3 is 1. The fourth-order valence-electron chi connectivity index (χ4n) is 1.49. The van der Waals surface area contributed by atoms with Gasteiger partial charge in [0.25, 0.3) is 0 Å². The zero-order valence-electron chi connectivity index (χ0n) is 9.27. The summed E-state index contributed by atoms with van der Waals surface area (Å²) < 4.78 is 5.25. The van der Waals surface area contributed by atoms with Gasteiger partial charge in [0, 0.05) is 18.0 Å². The maximum absolute atomic E-state index is 5.67. The summed E-state index contributed by atoms with van der Waals surface area (Å²) in [5.74, 6) is 1.27. The summed E-state index contributed by atoms with van der Waals surface area (Å²) >= 11 is 0. The average molecular weight is 215 g/mol.